The number of carboxylic acids is 1. The zero-order chi connectivity index (χ0) is 13.1. The third kappa shape index (κ3) is 3.45. The summed E-state index contributed by atoms with van der Waals surface area (Å²) < 4.78 is 0. The number of rotatable bonds is 4. The van der Waals surface area contributed by atoms with E-state index in [9.17, 15) is 4.79 Å². The van der Waals surface area contributed by atoms with Crippen LogP contribution in [0, 0.1) is 0 Å². The fraction of sp³-hybridized carbons (Fsp3) is 0.167. The van der Waals surface area contributed by atoms with E-state index in [1.807, 2.05) is 6.07 Å². The Morgan fingerprint density at radius 1 is 1.33 bits per heavy atom. The van der Waals surface area contributed by atoms with Crippen LogP contribution in [-0.4, -0.2) is 16.1 Å². The van der Waals surface area contributed by atoms with Crippen LogP contribution in [0.5, 0.6) is 0 Å². The Morgan fingerprint density at radius 3 is 2.78 bits per heavy atom. The van der Waals surface area contributed by atoms with Gasteiger partial charge in [0.15, 0.2) is 0 Å². The fourth-order valence-corrected chi connectivity index (χ4v) is 2.64. The first-order chi connectivity index (χ1) is 8.54. The summed E-state index contributed by atoms with van der Waals surface area (Å²) in [6.45, 7) is 0. The first kappa shape index (κ1) is 13.3. The largest absolute Gasteiger partial charge is 0.481 e. The van der Waals surface area contributed by atoms with Gasteiger partial charge in [-0.2, -0.15) is 0 Å². The maximum Gasteiger partial charge on any atom is 0.309 e. The molecule has 0 radical (unpaired) electrons. The molecule has 0 amide bonds. The van der Waals surface area contributed by atoms with E-state index in [2.05, 4.69) is 4.98 Å². The fourth-order valence-electron chi connectivity index (χ4n) is 1.49. The number of nitrogens with zero attached hydrogens (tertiary/aromatic N) is 1. The molecule has 94 valence electrons. The van der Waals surface area contributed by atoms with E-state index in [0.717, 1.165) is 10.6 Å². The maximum atomic E-state index is 10.6. The standard InChI is InChI=1S/C12H9Cl2NO2S/c13-9-2-1-7(3-10(9)14)4-11-15-8(6-18-11)5-12(16)17/h1-3,6H,4-5H2,(H,16,17). The molecule has 0 saturated carbocycles. The predicted molar refractivity (Wildman–Crippen MR) is 72.7 cm³/mol. The Labute approximate surface area is 118 Å². The summed E-state index contributed by atoms with van der Waals surface area (Å²) in [5.74, 6) is -0.874. The molecule has 18 heavy (non-hydrogen) atoms. The lowest BCUT2D eigenvalue weighted by atomic mass is 10.1. The first-order valence-corrected chi connectivity index (χ1v) is 6.77. The third-order valence-electron chi connectivity index (χ3n) is 2.27. The number of aromatic nitrogens is 1. The highest BCUT2D eigenvalue weighted by Crippen LogP contribution is 2.24. The minimum atomic E-state index is -0.874. The van der Waals surface area contributed by atoms with Crippen LogP contribution in [0.25, 0.3) is 0 Å². The molecule has 0 aliphatic heterocycles. The first-order valence-electron chi connectivity index (χ1n) is 5.13. The van der Waals surface area contributed by atoms with E-state index in [0.29, 0.717) is 22.2 Å². The van der Waals surface area contributed by atoms with E-state index < -0.39 is 5.97 Å². The van der Waals surface area contributed by atoms with Crippen LogP contribution < -0.4 is 0 Å². The van der Waals surface area contributed by atoms with E-state index >= 15 is 0 Å². The minimum Gasteiger partial charge on any atom is -0.481 e. The number of hydrogen-bond donors (Lipinski definition) is 1. The van der Waals surface area contributed by atoms with Crippen molar-refractivity contribution in [1.29, 1.82) is 0 Å². The van der Waals surface area contributed by atoms with Crippen molar-refractivity contribution in [2.24, 2.45) is 0 Å². The van der Waals surface area contributed by atoms with Gasteiger partial charge in [-0.1, -0.05) is 29.3 Å². The zero-order valence-electron chi connectivity index (χ0n) is 9.19. The van der Waals surface area contributed by atoms with Crippen molar-refractivity contribution < 1.29 is 9.90 Å². The molecule has 0 fully saturated rings. The van der Waals surface area contributed by atoms with Crippen LogP contribution in [0.15, 0.2) is 23.6 Å². The van der Waals surface area contributed by atoms with Gasteiger partial charge in [0.1, 0.15) is 0 Å². The normalized spacial score (nSPS) is 10.6. The number of thiazole rings is 1. The van der Waals surface area contributed by atoms with Gasteiger partial charge in [0.05, 0.1) is 27.2 Å². The molecule has 0 spiro atoms. The number of hydrogen-bond acceptors (Lipinski definition) is 3. The molecule has 0 unspecified atom stereocenters. The van der Waals surface area contributed by atoms with E-state index in [-0.39, 0.29) is 6.42 Å². The summed E-state index contributed by atoms with van der Waals surface area (Å²) in [4.78, 5) is 14.8. The summed E-state index contributed by atoms with van der Waals surface area (Å²) in [5, 5.41) is 12.3. The van der Waals surface area contributed by atoms with E-state index in [4.69, 9.17) is 28.3 Å². The smallest absolute Gasteiger partial charge is 0.309 e. The van der Waals surface area contributed by atoms with Gasteiger partial charge in [-0.05, 0) is 17.7 Å². The van der Waals surface area contributed by atoms with Crippen molar-refractivity contribution in [1.82, 2.24) is 4.98 Å². The average Bonchev–Trinajstić information content (AvgIpc) is 2.70. The lowest BCUT2D eigenvalue weighted by molar-refractivity contribution is -0.136. The summed E-state index contributed by atoms with van der Waals surface area (Å²) in [7, 11) is 0. The second kappa shape index (κ2) is 5.69. The molecule has 0 aliphatic rings. The number of carboxylic acid groups (broad SMARTS) is 1. The van der Waals surface area contributed by atoms with E-state index in [1.54, 1.807) is 17.5 Å². The van der Waals surface area contributed by atoms with Crippen LogP contribution in [0.2, 0.25) is 10.0 Å². The molecule has 2 rings (SSSR count). The van der Waals surface area contributed by atoms with Crippen molar-refractivity contribution in [3.8, 4) is 0 Å². The molecule has 1 aromatic heterocycles. The van der Waals surface area contributed by atoms with Crippen molar-refractivity contribution in [2.75, 3.05) is 0 Å². The molecular weight excluding hydrogens is 293 g/mol. The van der Waals surface area contributed by atoms with E-state index in [1.165, 1.54) is 11.3 Å². The molecule has 6 heteroatoms. The summed E-state index contributed by atoms with van der Waals surface area (Å²) >= 11 is 13.2. The van der Waals surface area contributed by atoms with Crippen molar-refractivity contribution in [2.45, 2.75) is 12.8 Å². The number of aliphatic carboxylic acids is 1. The summed E-state index contributed by atoms with van der Waals surface area (Å²) in [6, 6.07) is 5.42. The lowest BCUT2D eigenvalue weighted by Gasteiger charge is -2.00. The molecule has 0 atom stereocenters. The minimum absolute atomic E-state index is 0.0438. The second-order valence-corrected chi connectivity index (χ2v) is 5.49. The quantitative estimate of drug-likeness (QED) is 0.937. The molecule has 2 aromatic rings. The molecule has 0 bridgehead atoms. The topological polar surface area (TPSA) is 50.2 Å². The molecule has 1 heterocycles. The summed E-state index contributed by atoms with van der Waals surface area (Å²) in [6.07, 6.45) is 0.582. The van der Waals surface area contributed by atoms with Crippen LogP contribution in [0.4, 0.5) is 0 Å². The van der Waals surface area contributed by atoms with Gasteiger partial charge < -0.3 is 5.11 Å². The van der Waals surface area contributed by atoms with Crippen molar-refractivity contribution >= 4 is 40.5 Å². The van der Waals surface area contributed by atoms with Crippen molar-refractivity contribution in [3.05, 3.63) is 49.9 Å². The third-order valence-corrected chi connectivity index (χ3v) is 3.91. The monoisotopic (exact) mass is 301 g/mol. The van der Waals surface area contributed by atoms with Gasteiger partial charge in [0.25, 0.3) is 0 Å². The number of carbonyl (C=O) groups is 1. The Bertz CT molecular complexity index is 583. The highest BCUT2D eigenvalue weighted by Gasteiger charge is 2.07. The number of halogens is 2. The van der Waals surface area contributed by atoms with Crippen LogP contribution in [0.1, 0.15) is 16.3 Å². The van der Waals surface area contributed by atoms with Crippen LogP contribution >= 0.6 is 34.5 Å². The molecule has 0 aliphatic carbocycles. The molecule has 0 saturated heterocycles. The van der Waals surface area contributed by atoms with Crippen molar-refractivity contribution in [3.63, 3.8) is 0 Å². The van der Waals surface area contributed by atoms with Gasteiger partial charge >= 0.3 is 5.97 Å². The predicted octanol–water partition coefficient (Wildman–Crippen LogP) is 3.67. The Balaban J connectivity index is 2.11. The molecule has 3 nitrogen and oxygen atoms in total. The van der Waals surface area contributed by atoms with Gasteiger partial charge in [-0.25, -0.2) is 4.98 Å². The Kier molecular flexibility index (Phi) is 4.22. The van der Waals surface area contributed by atoms with Gasteiger partial charge in [0, 0.05) is 11.8 Å². The molecular formula is C12H9Cl2NO2S. The van der Waals surface area contributed by atoms with Crippen LogP contribution in [-0.2, 0) is 17.6 Å². The van der Waals surface area contributed by atoms with Gasteiger partial charge in [0.2, 0.25) is 0 Å². The molecule has 1 N–H and O–H groups in total. The second-order valence-electron chi connectivity index (χ2n) is 3.73. The zero-order valence-corrected chi connectivity index (χ0v) is 11.5. The highest BCUT2D eigenvalue weighted by molar-refractivity contribution is 7.09. The van der Waals surface area contributed by atoms with Crippen LogP contribution in [0.3, 0.4) is 0 Å². The lowest BCUT2D eigenvalue weighted by Crippen LogP contribution is -2.00. The Hall–Kier alpha value is -1.10. The van der Waals surface area contributed by atoms with Gasteiger partial charge in [-0.15, -0.1) is 11.3 Å². The number of benzene rings is 1. The molecule has 1 aromatic carbocycles. The Morgan fingerprint density at radius 2 is 2.11 bits per heavy atom. The average molecular weight is 302 g/mol. The SMILES string of the molecule is O=C(O)Cc1csc(Cc2ccc(Cl)c(Cl)c2)n1. The maximum absolute atomic E-state index is 10.6. The van der Waals surface area contributed by atoms with Gasteiger partial charge in [-0.3, -0.25) is 4.79 Å². The highest BCUT2D eigenvalue weighted by atomic mass is 35.5. The summed E-state index contributed by atoms with van der Waals surface area (Å²) in [5.41, 5.74) is 1.59.